The quantitative estimate of drug-likeness (QED) is 0.588. The molecule has 2 aromatic rings. The van der Waals surface area contributed by atoms with Crippen molar-refractivity contribution in [1.82, 2.24) is 20.2 Å². The number of nitrogens with zero attached hydrogens (tertiary/aromatic N) is 3. The topological polar surface area (TPSA) is 68.8 Å². The van der Waals surface area contributed by atoms with Gasteiger partial charge in [0.1, 0.15) is 0 Å². The molecule has 0 aromatic carbocycles. The highest BCUT2D eigenvalue weighted by atomic mass is 15.3. The molecular weight excluding hydrogens is 238 g/mol. The maximum absolute atomic E-state index is 5.64. The molecule has 19 heavy (non-hydrogen) atoms. The Morgan fingerprint density at radius 3 is 3.00 bits per heavy atom. The molecular formula is C14H21N5. The van der Waals surface area contributed by atoms with Gasteiger partial charge < -0.3 is 0 Å². The van der Waals surface area contributed by atoms with Gasteiger partial charge in [-0.25, -0.2) is 0 Å². The molecule has 2 rings (SSSR count). The number of hydrazine groups is 1. The van der Waals surface area contributed by atoms with Gasteiger partial charge in [-0.1, -0.05) is 13.0 Å². The maximum Gasteiger partial charge on any atom is 0.0538 e. The van der Waals surface area contributed by atoms with Crippen molar-refractivity contribution in [1.29, 1.82) is 0 Å². The number of nitrogens with two attached hydrogens (primary N) is 1. The lowest BCUT2D eigenvalue weighted by Gasteiger charge is -2.13. The van der Waals surface area contributed by atoms with Gasteiger partial charge in [0.05, 0.1) is 6.20 Å². The van der Waals surface area contributed by atoms with Crippen molar-refractivity contribution in [3.63, 3.8) is 0 Å². The van der Waals surface area contributed by atoms with E-state index in [0.717, 1.165) is 37.1 Å². The lowest BCUT2D eigenvalue weighted by Crippen LogP contribution is -2.28. The first kappa shape index (κ1) is 13.7. The summed E-state index contributed by atoms with van der Waals surface area (Å²) in [5, 5.41) is 4.34. The molecule has 3 N–H and O–H groups in total. The zero-order valence-electron chi connectivity index (χ0n) is 11.3. The molecule has 0 fully saturated rings. The molecule has 2 heterocycles. The van der Waals surface area contributed by atoms with Gasteiger partial charge in [0.25, 0.3) is 0 Å². The van der Waals surface area contributed by atoms with Crippen molar-refractivity contribution in [2.45, 2.75) is 38.8 Å². The number of hydrogen-bond acceptors (Lipinski definition) is 4. The largest absolute Gasteiger partial charge is 0.272 e. The van der Waals surface area contributed by atoms with Crippen LogP contribution >= 0.6 is 0 Å². The summed E-state index contributed by atoms with van der Waals surface area (Å²) in [5.74, 6) is 5.64. The van der Waals surface area contributed by atoms with Gasteiger partial charge in [0, 0.05) is 36.2 Å². The van der Waals surface area contributed by atoms with Gasteiger partial charge in [-0.3, -0.25) is 20.9 Å². The lowest BCUT2D eigenvalue weighted by atomic mass is 10.0. The summed E-state index contributed by atoms with van der Waals surface area (Å²) in [4.78, 5) is 4.32. The van der Waals surface area contributed by atoms with Crippen LogP contribution in [0.15, 0.2) is 36.8 Å². The van der Waals surface area contributed by atoms with Gasteiger partial charge in [-0.05, 0) is 31.4 Å². The van der Waals surface area contributed by atoms with E-state index in [2.05, 4.69) is 28.6 Å². The van der Waals surface area contributed by atoms with Crippen LogP contribution in [0.4, 0.5) is 0 Å². The minimum absolute atomic E-state index is 0.118. The van der Waals surface area contributed by atoms with Crippen LogP contribution in [0, 0.1) is 0 Å². The SMILES string of the molecule is CCCn1cc(C(CCc2ccccn2)NN)cn1. The molecule has 0 amide bonds. The zero-order chi connectivity index (χ0) is 13.5. The number of hydrogen-bond donors (Lipinski definition) is 2. The zero-order valence-corrected chi connectivity index (χ0v) is 11.3. The molecule has 0 spiro atoms. The third kappa shape index (κ3) is 3.87. The summed E-state index contributed by atoms with van der Waals surface area (Å²) in [6, 6.07) is 6.09. The Morgan fingerprint density at radius 1 is 1.42 bits per heavy atom. The van der Waals surface area contributed by atoms with E-state index >= 15 is 0 Å². The van der Waals surface area contributed by atoms with Crippen molar-refractivity contribution in [2.24, 2.45) is 5.84 Å². The predicted octanol–water partition coefficient (Wildman–Crippen LogP) is 1.83. The Morgan fingerprint density at radius 2 is 2.32 bits per heavy atom. The van der Waals surface area contributed by atoms with Gasteiger partial charge >= 0.3 is 0 Å². The van der Waals surface area contributed by atoms with Crippen LogP contribution in [-0.4, -0.2) is 14.8 Å². The highest BCUT2D eigenvalue weighted by Gasteiger charge is 2.12. The first-order valence-corrected chi connectivity index (χ1v) is 6.72. The predicted molar refractivity (Wildman–Crippen MR) is 75.1 cm³/mol. The van der Waals surface area contributed by atoms with Crippen LogP contribution in [0.1, 0.15) is 37.1 Å². The Labute approximate surface area is 113 Å². The van der Waals surface area contributed by atoms with Crippen LogP contribution in [0.5, 0.6) is 0 Å². The second-order valence-corrected chi connectivity index (χ2v) is 4.62. The van der Waals surface area contributed by atoms with Crippen LogP contribution < -0.4 is 11.3 Å². The van der Waals surface area contributed by atoms with E-state index in [1.165, 1.54) is 0 Å². The van der Waals surface area contributed by atoms with E-state index < -0.39 is 0 Å². The molecule has 5 heteroatoms. The molecule has 0 saturated heterocycles. The summed E-state index contributed by atoms with van der Waals surface area (Å²) in [6.07, 6.45) is 8.65. The fourth-order valence-electron chi connectivity index (χ4n) is 2.10. The van der Waals surface area contributed by atoms with E-state index in [0.29, 0.717) is 0 Å². The third-order valence-electron chi connectivity index (χ3n) is 3.12. The summed E-state index contributed by atoms with van der Waals surface area (Å²) in [5.41, 5.74) is 5.08. The Hall–Kier alpha value is -1.72. The van der Waals surface area contributed by atoms with Gasteiger partial charge in [0.15, 0.2) is 0 Å². The standard InChI is InChI=1S/C14H21N5/c1-2-9-19-11-12(10-17-19)14(18-15)7-6-13-5-3-4-8-16-13/h3-5,8,10-11,14,18H,2,6-7,9,15H2,1H3. The fourth-order valence-corrected chi connectivity index (χ4v) is 2.10. The smallest absolute Gasteiger partial charge is 0.0538 e. The number of nitrogens with one attached hydrogen (secondary N) is 1. The van der Waals surface area contributed by atoms with E-state index in [1.54, 1.807) is 0 Å². The molecule has 1 atom stereocenters. The molecule has 1 unspecified atom stereocenters. The summed E-state index contributed by atoms with van der Waals surface area (Å²) in [6.45, 7) is 3.08. The Kier molecular flexibility index (Phi) is 5.06. The molecule has 0 radical (unpaired) electrons. The molecule has 0 saturated carbocycles. The first-order chi connectivity index (χ1) is 9.33. The monoisotopic (exact) mass is 259 g/mol. The molecule has 5 nitrogen and oxygen atoms in total. The average molecular weight is 259 g/mol. The van der Waals surface area contributed by atoms with Crippen molar-refractivity contribution in [3.05, 3.63) is 48.0 Å². The maximum atomic E-state index is 5.64. The van der Waals surface area contributed by atoms with Crippen molar-refractivity contribution < 1.29 is 0 Å². The second kappa shape index (κ2) is 7.01. The fraction of sp³-hybridized carbons (Fsp3) is 0.429. The normalized spacial score (nSPS) is 12.5. The van der Waals surface area contributed by atoms with E-state index in [-0.39, 0.29) is 6.04 Å². The van der Waals surface area contributed by atoms with Crippen LogP contribution in [0.2, 0.25) is 0 Å². The molecule has 102 valence electrons. The van der Waals surface area contributed by atoms with Crippen LogP contribution in [0.25, 0.3) is 0 Å². The summed E-state index contributed by atoms with van der Waals surface area (Å²) < 4.78 is 1.96. The minimum Gasteiger partial charge on any atom is -0.272 e. The third-order valence-corrected chi connectivity index (χ3v) is 3.12. The van der Waals surface area contributed by atoms with Crippen molar-refractivity contribution in [2.75, 3.05) is 0 Å². The van der Waals surface area contributed by atoms with Gasteiger partial charge in [0.2, 0.25) is 0 Å². The van der Waals surface area contributed by atoms with Crippen molar-refractivity contribution in [3.8, 4) is 0 Å². The number of rotatable bonds is 7. The number of aryl methyl sites for hydroxylation is 2. The lowest BCUT2D eigenvalue weighted by molar-refractivity contribution is 0.512. The molecule has 0 aliphatic rings. The Bertz CT molecular complexity index is 480. The van der Waals surface area contributed by atoms with E-state index in [9.17, 15) is 0 Å². The second-order valence-electron chi connectivity index (χ2n) is 4.62. The summed E-state index contributed by atoms with van der Waals surface area (Å²) in [7, 11) is 0. The average Bonchev–Trinajstić information content (AvgIpc) is 2.90. The van der Waals surface area contributed by atoms with Crippen LogP contribution in [0.3, 0.4) is 0 Å². The molecule has 0 bridgehead atoms. The number of aromatic nitrogens is 3. The minimum atomic E-state index is 0.118. The van der Waals surface area contributed by atoms with Crippen LogP contribution in [-0.2, 0) is 13.0 Å². The molecule has 0 aliphatic heterocycles. The number of pyridine rings is 1. The molecule has 0 aliphatic carbocycles. The first-order valence-electron chi connectivity index (χ1n) is 6.72. The van der Waals surface area contributed by atoms with Gasteiger partial charge in [-0.2, -0.15) is 5.10 Å². The van der Waals surface area contributed by atoms with E-state index in [4.69, 9.17) is 5.84 Å². The highest BCUT2D eigenvalue weighted by molar-refractivity contribution is 5.11. The van der Waals surface area contributed by atoms with E-state index in [1.807, 2.05) is 35.3 Å². The van der Waals surface area contributed by atoms with Crippen molar-refractivity contribution >= 4 is 0 Å². The summed E-state index contributed by atoms with van der Waals surface area (Å²) >= 11 is 0. The highest BCUT2D eigenvalue weighted by Crippen LogP contribution is 2.17. The Balaban J connectivity index is 1.95. The van der Waals surface area contributed by atoms with Gasteiger partial charge in [-0.15, -0.1) is 0 Å². The molecule has 2 aromatic heterocycles.